The van der Waals surface area contributed by atoms with Gasteiger partial charge in [-0.2, -0.15) is 0 Å². The number of carbonyl (C=O) groups excluding carboxylic acids is 2. The fourth-order valence-corrected chi connectivity index (χ4v) is 2.99. The first-order valence-electron chi connectivity index (χ1n) is 8.14. The molecule has 138 valence electrons. The summed E-state index contributed by atoms with van der Waals surface area (Å²) in [7, 11) is 0. The van der Waals surface area contributed by atoms with Crippen molar-refractivity contribution in [3.8, 4) is 5.75 Å². The highest BCUT2D eigenvalue weighted by Gasteiger charge is 2.09. The first kappa shape index (κ1) is 18.7. The van der Waals surface area contributed by atoms with Crippen LogP contribution in [-0.4, -0.2) is 34.5 Å². The Kier molecular flexibility index (Phi) is 6.24. The number of benzene rings is 2. The number of thioether (sulfide) groups is 1. The average molecular weight is 383 g/mol. The number of hydrogen-bond acceptors (Lipinski definition) is 6. The zero-order valence-electron chi connectivity index (χ0n) is 14.2. The maximum absolute atomic E-state index is 12.4. The van der Waals surface area contributed by atoms with E-state index < -0.39 is 5.24 Å². The number of para-hydroxylation sites is 1. The highest BCUT2D eigenvalue weighted by Crippen LogP contribution is 2.21. The molecular formula is C19H17N3O4S. The molecule has 3 rings (SSSR count). The molecule has 1 aromatic heterocycles. The number of pyridine rings is 1. The standard InChI is InChI=1S/C19H17N3O4S/c23-18(16-9-10-20-17-4-2-1-3-15(16)17)21-11-12-26-13-5-7-14(8-6-13)27-19(24)22-25/h1-10,25H,11-12H2,(H,21,23)(H,22,24). The van der Waals surface area contributed by atoms with Crippen LogP contribution in [0.1, 0.15) is 10.4 Å². The lowest BCUT2D eigenvalue weighted by molar-refractivity contribution is 0.0948. The van der Waals surface area contributed by atoms with Crippen LogP contribution in [0, 0.1) is 0 Å². The second kappa shape index (κ2) is 9.02. The van der Waals surface area contributed by atoms with Crippen LogP contribution >= 0.6 is 11.8 Å². The van der Waals surface area contributed by atoms with Gasteiger partial charge in [0, 0.05) is 16.5 Å². The van der Waals surface area contributed by atoms with Gasteiger partial charge in [0.15, 0.2) is 0 Å². The minimum atomic E-state index is -0.560. The molecule has 0 aliphatic heterocycles. The van der Waals surface area contributed by atoms with Crippen LogP contribution in [0.2, 0.25) is 0 Å². The van der Waals surface area contributed by atoms with E-state index >= 15 is 0 Å². The maximum atomic E-state index is 12.4. The first-order valence-corrected chi connectivity index (χ1v) is 8.96. The molecule has 0 fully saturated rings. The van der Waals surface area contributed by atoms with Crippen LogP contribution < -0.4 is 15.5 Å². The Labute approximate surface area is 159 Å². The Bertz CT molecular complexity index is 942. The average Bonchev–Trinajstić information content (AvgIpc) is 2.71. The van der Waals surface area contributed by atoms with Gasteiger partial charge in [-0.1, -0.05) is 18.2 Å². The second-order valence-corrected chi connectivity index (χ2v) is 6.50. The number of fused-ring (bicyclic) bond motifs is 1. The van der Waals surface area contributed by atoms with E-state index in [1.807, 2.05) is 24.3 Å². The van der Waals surface area contributed by atoms with Crippen LogP contribution in [0.4, 0.5) is 4.79 Å². The summed E-state index contributed by atoms with van der Waals surface area (Å²) in [5.41, 5.74) is 2.90. The fourth-order valence-electron chi connectivity index (χ4n) is 2.46. The molecule has 1 heterocycles. The SMILES string of the molecule is O=C(NO)Sc1ccc(OCCNC(=O)c2ccnc3ccccc23)cc1. The van der Waals surface area contributed by atoms with Crippen molar-refractivity contribution in [3.05, 3.63) is 66.4 Å². The Morgan fingerprint density at radius 3 is 2.63 bits per heavy atom. The lowest BCUT2D eigenvalue weighted by atomic mass is 10.1. The number of nitrogens with one attached hydrogen (secondary N) is 2. The molecular weight excluding hydrogens is 366 g/mol. The fraction of sp³-hybridized carbons (Fsp3) is 0.105. The Hall–Kier alpha value is -3.10. The molecule has 0 saturated carbocycles. The molecule has 27 heavy (non-hydrogen) atoms. The van der Waals surface area contributed by atoms with E-state index in [2.05, 4.69) is 10.3 Å². The molecule has 0 spiro atoms. The summed E-state index contributed by atoms with van der Waals surface area (Å²) in [6, 6.07) is 16.0. The number of hydroxylamine groups is 1. The van der Waals surface area contributed by atoms with Crippen LogP contribution in [-0.2, 0) is 0 Å². The largest absolute Gasteiger partial charge is 0.492 e. The van der Waals surface area contributed by atoms with E-state index in [4.69, 9.17) is 9.94 Å². The van der Waals surface area contributed by atoms with Crippen LogP contribution in [0.15, 0.2) is 65.7 Å². The van der Waals surface area contributed by atoms with Crippen molar-refractivity contribution in [2.75, 3.05) is 13.2 Å². The van der Waals surface area contributed by atoms with Crippen molar-refractivity contribution in [2.45, 2.75) is 4.90 Å². The molecule has 0 saturated heterocycles. The smallest absolute Gasteiger partial charge is 0.307 e. The van der Waals surface area contributed by atoms with Crippen LogP contribution in [0.25, 0.3) is 10.9 Å². The summed E-state index contributed by atoms with van der Waals surface area (Å²) in [5.74, 6) is 0.436. The number of rotatable bonds is 6. The third kappa shape index (κ3) is 4.96. The second-order valence-electron chi connectivity index (χ2n) is 5.45. The van der Waals surface area contributed by atoms with Gasteiger partial charge in [0.25, 0.3) is 5.91 Å². The Balaban J connectivity index is 1.50. The monoisotopic (exact) mass is 383 g/mol. The van der Waals surface area contributed by atoms with Gasteiger partial charge in [-0.05, 0) is 48.2 Å². The van der Waals surface area contributed by atoms with Crippen molar-refractivity contribution >= 4 is 33.8 Å². The first-order chi connectivity index (χ1) is 13.2. The molecule has 0 unspecified atom stereocenters. The molecule has 3 aromatic rings. The van der Waals surface area contributed by atoms with E-state index in [1.165, 1.54) is 0 Å². The molecule has 0 radical (unpaired) electrons. The third-order valence-electron chi connectivity index (χ3n) is 3.68. The van der Waals surface area contributed by atoms with Gasteiger partial charge in [-0.15, -0.1) is 0 Å². The number of amides is 2. The normalized spacial score (nSPS) is 10.4. The van der Waals surface area contributed by atoms with Gasteiger partial charge in [-0.3, -0.25) is 19.8 Å². The number of aromatic nitrogens is 1. The summed E-state index contributed by atoms with van der Waals surface area (Å²) < 4.78 is 5.58. The molecule has 3 N–H and O–H groups in total. The number of nitrogens with zero attached hydrogens (tertiary/aromatic N) is 1. The predicted molar refractivity (Wildman–Crippen MR) is 102 cm³/mol. The zero-order chi connectivity index (χ0) is 19.1. The molecule has 2 amide bonds. The van der Waals surface area contributed by atoms with Crippen molar-refractivity contribution in [1.29, 1.82) is 0 Å². The van der Waals surface area contributed by atoms with Crippen molar-refractivity contribution in [3.63, 3.8) is 0 Å². The molecule has 2 aromatic carbocycles. The van der Waals surface area contributed by atoms with Gasteiger partial charge in [0.05, 0.1) is 17.6 Å². The van der Waals surface area contributed by atoms with E-state index in [0.717, 1.165) is 22.7 Å². The lowest BCUT2D eigenvalue weighted by Crippen LogP contribution is -2.28. The van der Waals surface area contributed by atoms with Crippen molar-refractivity contribution in [1.82, 2.24) is 15.8 Å². The molecule has 8 heteroatoms. The van der Waals surface area contributed by atoms with Crippen LogP contribution in [0.3, 0.4) is 0 Å². The Morgan fingerprint density at radius 2 is 1.85 bits per heavy atom. The zero-order valence-corrected chi connectivity index (χ0v) is 15.0. The highest BCUT2D eigenvalue weighted by molar-refractivity contribution is 8.13. The topological polar surface area (TPSA) is 101 Å². The van der Waals surface area contributed by atoms with E-state index in [9.17, 15) is 9.59 Å². The minimum absolute atomic E-state index is 0.182. The lowest BCUT2D eigenvalue weighted by Gasteiger charge is -2.09. The van der Waals surface area contributed by atoms with E-state index in [-0.39, 0.29) is 5.91 Å². The van der Waals surface area contributed by atoms with E-state index in [1.54, 1.807) is 42.0 Å². The molecule has 0 bridgehead atoms. The summed E-state index contributed by atoms with van der Waals surface area (Å²) in [6.45, 7) is 0.650. The van der Waals surface area contributed by atoms with Crippen LogP contribution in [0.5, 0.6) is 5.75 Å². The molecule has 0 aliphatic carbocycles. The molecule has 0 atom stereocenters. The molecule has 7 nitrogen and oxygen atoms in total. The summed E-state index contributed by atoms with van der Waals surface area (Å²) in [4.78, 5) is 28.4. The van der Waals surface area contributed by atoms with Gasteiger partial charge >= 0.3 is 5.24 Å². The minimum Gasteiger partial charge on any atom is -0.492 e. The van der Waals surface area contributed by atoms with Gasteiger partial charge < -0.3 is 10.1 Å². The molecule has 0 aliphatic rings. The quantitative estimate of drug-likeness (QED) is 0.261. The maximum Gasteiger partial charge on any atom is 0.307 e. The number of carbonyl (C=O) groups is 2. The predicted octanol–water partition coefficient (Wildman–Crippen LogP) is 3.23. The summed E-state index contributed by atoms with van der Waals surface area (Å²) >= 11 is 0.865. The van der Waals surface area contributed by atoms with Gasteiger partial charge in [0.2, 0.25) is 0 Å². The highest BCUT2D eigenvalue weighted by atomic mass is 32.2. The van der Waals surface area contributed by atoms with Gasteiger partial charge in [0.1, 0.15) is 12.4 Å². The summed E-state index contributed by atoms with van der Waals surface area (Å²) in [6.07, 6.45) is 1.62. The number of hydrogen-bond donors (Lipinski definition) is 3. The van der Waals surface area contributed by atoms with Gasteiger partial charge in [-0.25, -0.2) is 5.48 Å². The Morgan fingerprint density at radius 1 is 1.07 bits per heavy atom. The van der Waals surface area contributed by atoms with Crippen molar-refractivity contribution in [2.24, 2.45) is 0 Å². The number of ether oxygens (including phenoxy) is 1. The summed E-state index contributed by atoms with van der Waals surface area (Å²) in [5, 5.41) is 11.6. The third-order valence-corrected chi connectivity index (χ3v) is 4.46. The van der Waals surface area contributed by atoms with E-state index in [0.29, 0.717) is 29.4 Å². The van der Waals surface area contributed by atoms with Crippen molar-refractivity contribution < 1.29 is 19.5 Å².